The predicted octanol–water partition coefficient (Wildman–Crippen LogP) is 5.63. The van der Waals surface area contributed by atoms with Crippen molar-refractivity contribution in [3.63, 3.8) is 0 Å². The molecule has 0 aliphatic carbocycles. The first-order chi connectivity index (χ1) is 17.3. The van der Waals surface area contributed by atoms with Crippen molar-refractivity contribution in [1.29, 1.82) is 0 Å². The molecule has 1 saturated heterocycles. The number of fused-ring (bicyclic) bond motifs is 1. The Hall–Kier alpha value is -3.24. The zero-order chi connectivity index (χ0) is 25.3. The highest BCUT2D eigenvalue weighted by Gasteiger charge is 2.22. The molecule has 1 aromatic heterocycles. The first kappa shape index (κ1) is 32.0. The van der Waals surface area contributed by atoms with Crippen molar-refractivity contribution in [3.8, 4) is 0 Å². The number of carboxylic acids is 1. The lowest BCUT2D eigenvalue weighted by molar-refractivity contribution is 0.0699. The minimum Gasteiger partial charge on any atom is -0.478 e. The molecule has 1 aliphatic rings. The average molecular weight is 612 g/mol. The summed E-state index contributed by atoms with van der Waals surface area (Å²) in [4.78, 5) is 21.4. The number of rotatable bonds is 6. The molecule has 12 heteroatoms. The van der Waals surface area contributed by atoms with E-state index in [1.54, 1.807) is 30.3 Å². The number of carbonyl (C=O) groups is 1. The van der Waals surface area contributed by atoms with E-state index in [9.17, 15) is 18.3 Å². The Labute approximate surface area is 246 Å². The molecule has 1 fully saturated rings. The zero-order valence-electron chi connectivity index (χ0n) is 21.0. The number of aromatic nitrogens is 1. The number of nitrogens with zero attached hydrogens (tertiary/aromatic N) is 3. The van der Waals surface area contributed by atoms with Gasteiger partial charge in [-0.1, -0.05) is 35.9 Å². The van der Waals surface area contributed by atoms with E-state index in [0.29, 0.717) is 29.8 Å². The van der Waals surface area contributed by atoms with Gasteiger partial charge in [0.1, 0.15) is 5.82 Å². The summed E-state index contributed by atoms with van der Waals surface area (Å²) in [6.07, 6.45) is 0. The van der Waals surface area contributed by atoms with Crippen LogP contribution < -0.4 is 14.5 Å². The van der Waals surface area contributed by atoms with Gasteiger partial charge in [-0.05, 0) is 55.5 Å². The van der Waals surface area contributed by atoms with Crippen molar-refractivity contribution in [2.45, 2.75) is 11.8 Å². The van der Waals surface area contributed by atoms with Crippen molar-refractivity contribution < 1.29 is 18.3 Å². The van der Waals surface area contributed by atoms with Crippen LogP contribution in [0.5, 0.6) is 0 Å². The smallest absolute Gasteiger partial charge is 0.336 e. The van der Waals surface area contributed by atoms with Crippen LogP contribution in [0.15, 0.2) is 83.8 Å². The Morgan fingerprint density at radius 2 is 1.46 bits per heavy atom. The van der Waals surface area contributed by atoms with Crippen LogP contribution in [0.4, 0.5) is 17.2 Å². The van der Waals surface area contributed by atoms with Gasteiger partial charge >= 0.3 is 5.97 Å². The molecule has 0 unspecified atom stereocenters. The first-order valence-electron chi connectivity index (χ1n) is 11.6. The maximum Gasteiger partial charge on any atom is 0.336 e. The highest BCUT2D eigenvalue weighted by molar-refractivity contribution is 7.92. The number of carboxylic acid groups (broad SMARTS) is 1. The Morgan fingerprint density at radius 3 is 2.08 bits per heavy atom. The van der Waals surface area contributed by atoms with Gasteiger partial charge in [-0.15, -0.1) is 37.2 Å². The standard InChI is InChI=1S/C27H26N4O4S.3ClH/c1-19-7-10-22(11-8-19)36(34,35)29-20-9-12-25-23(17-20)24(27(32)33)18-26(28-25)31-15-13-30(14-16-31)21-5-3-2-4-6-21;;;/h2-12,17-18,29H,13-16H2,1H3,(H,32,33);3*1H. The largest absolute Gasteiger partial charge is 0.478 e. The summed E-state index contributed by atoms with van der Waals surface area (Å²) in [7, 11) is -3.82. The number of hydrogen-bond donors (Lipinski definition) is 2. The van der Waals surface area contributed by atoms with Gasteiger partial charge in [0.25, 0.3) is 10.0 Å². The van der Waals surface area contributed by atoms with E-state index in [1.165, 1.54) is 18.2 Å². The Bertz CT molecular complexity index is 1530. The number of para-hydroxylation sites is 1. The van der Waals surface area contributed by atoms with Gasteiger partial charge in [0.05, 0.1) is 16.0 Å². The van der Waals surface area contributed by atoms with E-state index in [2.05, 4.69) is 26.7 Å². The van der Waals surface area contributed by atoms with Crippen LogP contribution in [0.1, 0.15) is 15.9 Å². The summed E-state index contributed by atoms with van der Waals surface area (Å²) in [5.74, 6) is -0.495. The lowest BCUT2D eigenvalue weighted by Gasteiger charge is -2.37. The van der Waals surface area contributed by atoms with E-state index in [0.717, 1.165) is 24.3 Å². The molecule has 8 nitrogen and oxygen atoms in total. The molecule has 0 radical (unpaired) electrons. The molecule has 208 valence electrons. The molecular weight excluding hydrogens is 583 g/mol. The first-order valence-corrected chi connectivity index (χ1v) is 13.1. The van der Waals surface area contributed by atoms with Crippen LogP contribution in [-0.4, -0.2) is 50.7 Å². The van der Waals surface area contributed by atoms with Crippen LogP contribution >= 0.6 is 37.2 Å². The van der Waals surface area contributed by atoms with Crippen LogP contribution in [0.2, 0.25) is 0 Å². The minimum absolute atomic E-state index is 0. The van der Waals surface area contributed by atoms with Gasteiger partial charge < -0.3 is 14.9 Å². The molecule has 0 atom stereocenters. The molecule has 5 rings (SSSR count). The molecule has 3 aromatic carbocycles. The SMILES string of the molecule is Cc1ccc(S(=O)(=O)Nc2ccc3nc(N4CCN(c5ccccc5)CC4)cc(C(=O)O)c3c2)cc1.Cl.Cl.Cl. The highest BCUT2D eigenvalue weighted by atomic mass is 35.5. The summed E-state index contributed by atoms with van der Waals surface area (Å²) in [6.45, 7) is 4.89. The van der Waals surface area contributed by atoms with E-state index < -0.39 is 16.0 Å². The van der Waals surface area contributed by atoms with Crippen molar-refractivity contribution >= 4 is 81.3 Å². The summed E-state index contributed by atoms with van der Waals surface area (Å²) < 4.78 is 28.2. The van der Waals surface area contributed by atoms with Crippen molar-refractivity contribution in [2.24, 2.45) is 0 Å². The zero-order valence-corrected chi connectivity index (χ0v) is 24.2. The topological polar surface area (TPSA) is 103 Å². The lowest BCUT2D eigenvalue weighted by Crippen LogP contribution is -2.46. The molecule has 0 bridgehead atoms. The highest BCUT2D eigenvalue weighted by Crippen LogP contribution is 2.28. The van der Waals surface area contributed by atoms with Crippen molar-refractivity contribution in [3.05, 3.63) is 90.0 Å². The summed E-state index contributed by atoms with van der Waals surface area (Å²) >= 11 is 0. The number of piperazine rings is 1. The molecule has 39 heavy (non-hydrogen) atoms. The van der Waals surface area contributed by atoms with E-state index >= 15 is 0 Å². The van der Waals surface area contributed by atoms with E-state index in [4.69, 9.17) is 4.98 Å². The second-order valence-corrected chi connectivity index (χ2v) is 10.5. The quantitative estimate of drug-likeness (QED) is 0.291. The molecule has 0 spiro atoms. The fraction of sp³-hybridized carbons (Fsp3) is 0.185. The Kier molecular flexibility index (Phi) is 10.8. The number of sulfonamides is 1. The number of nitrogens with one attached hydrogen (secondary N) is 1. The Morgan fingerprint density at radius 1 is 0.846 bits per heavy atom. The van der Waals surface area contributed by atoms with Gasteiger partial charge in [0.2, 0.25) is 0 Å². The number of hydrogen-bond acceptors (Lipinski definition) is 6. The summed E-state index contributed by atoms with van der Waals surface area (Å²) in [6, 6.07) is 23.0. The summed E-state index contributed by atoms with van der Waals surface area (Å²) in [5.41, 5.74) is 2.96. The fourth-order valence-electron chi connectivity index (χ4n) is 4.38. The maximum atomic E-state index is 12.8. The third-order valence-corrected chi connectivity index (χ3v) is 7.73. The molecule has 1 aliphatic heterocycles. The molecule has 0 saturated carbocycles. The van der Waals surface area contributed by atoms with Crippen molar-refractivity contribution in [2.75, 3.05) is 40.7 Å². The average Bonchev–Trinajstić information content (AvgIpc) is 2.88. The number of anilines is 3. The molecule has 0 amide bonds. The molecule has 2 heterocycles. The predicted molar refractivity (Wildman–Crippen MR) is 163 cm³/mol. The Balaban J connectivity index is 0.00000178. The molecular formula is C27H29Cl3N4O4S. The second kappa shape index (κ2) is 13.2. The number of benzene rings is 3. The van der Waals surface area contributed by atoms with Crippen LogP contribution in [0, 0.1) is 6.92 Å². The van der Waals surface area contributed by atoms with Gasteiger partial charge in [0, 0.05) is 42.9 Å². The number of aromatic carboxylic acids is 1. The second-order valence-electron chi connectivity index (χ2n) is 8.79. The summed E-state index contributed by atoms with van der Waals surface area (Å²) in [5, 5.41) is 10.3. The maximum absolute atomic E-state index is 12.8. The molecule has 4 aromatic rings. The van der Waals surface area contributed by atoms with Crippen LogP contribution in [-0.2, 0) is 10.0 Å². The normalized spacial score (nSPS) is 13.1. The van der Waals surface area contributed by atoms with Gasteiger partial charge in [0.15, 0.2) is 0 Å². The fourth-order valence-corrected chi connectivity index (χ4v) is 5.43. The minimum atomic E-state index is -3.82. The monoisotopic (exact) mass is 610 g/mol. The third kappa shape index (κ3) is 7.05. The van der Waals surface area contributed by atoms with Crippen LogP contribution in [0.25, 0.3) is 10.9 Å². The van der Waals surface area contributed by atoms with E-state index in [1.807, 2.05) is 25.1 Å². The lowest BCUT2D eigenvalue weighted by atomic mass is 10.1. The van der Waals surface area contributed by atoms with Crippen molar-refractivity contribution in [1.82, 2.24) is 4.98 Å². The van der Waals surface area contributed by atoms with Gasteiger partial charge in [-0.25, -0.2) is 18.2 Å². The third-order valence-electron chi connectivity index (χ3n) is 6.33. The van der Waals surface area contributed by atoms with E-state index in [-0.39, 0.29) is 53.4 Å². The number of pyridine rings is 1. The van der Waals surface area contributed by atoms with Crippen LogP contribution in [0.3, 0.4) is 0 Å². The van der Waals surface area contributed by atoms with Gasteiger partial charge in [-0.3, -0.25) is 4.72 Å². The number of halogens is 3. The number of aryl methyl sites for hydroxylation is 1. The molecule has 2 N–H and O–H groups in total. The van der Waals surface area contributed by atoms with Gasteiger partial charge in [-0.2, -0.15) is 0 Å².